The summed E-state index contributed by atoms with van der Waals surface area (Å²) in [5, 5.41) is 14.5. The Morgan fingerprint density at radius 2 is 0.720 bits per heavy atom. The number of benzene rings is 7. The summed E-state index contributed by atoms with van der Waals surface area (Å²) in [5.74, 6) is -81.2. The minimum absolute atomic E-state index is 0.0247. The molecule has 0 fully saturated rings. The zero-order valence-corrected chi connectivity index (χ0v) is 37.6. The summed E-state index contributed by atoms with van der Waals surface area (Å²) in [6.07, 6.45) is 0. The Balaban J connectivity index is 0.000000358. The predicted molar refractivity (Wildman–Crippen MR) is 219 cm³/mol. The topological polar surface area (TPSA) is 67.8 Å². The van der Waals surface area contributed by atoms with Crippen molar-refractivity contribution in [1.82, 2.24) is 0 Å². The first kappa shape index (κ1) is 54.8. The molecule has 0 bridgehead atoms. The van der Waals surface area contributed by atoms with Crippen LogP contribution in [0.25, 0.3) is 11.1 Å². The van der Waals surface area contributed by atoms with Crippen molar-refractivity contribution in [2.24, 2.45) is 0 Å². The van der Waals surface area contributed by atoms with Gasteiger partial charge in [0, 0.05) is 17.2 Å². The van der Waals surface area contributed by atoms with Gasteiger partial charge in [0.2, 0.25) is 120 Å². The van der Waals surface area contributed by atoms with Gasteiger partial charge in [-0.05, 0) is 48.2 Å². The van der Waals surface area contributed by atoms with Crippen LogP contribution in [0.1, 0.15) is 15.9 Å². The number of aryl methyl sites for hydroxylation is 1. The van der Waals surface area contributed by atoms with Crippen LogP contribution in [-0.4, -0.2) is 5.97 Å². The van der Waals surface area contributed by atoms with Crippen molar-refractivity contribution in [3.05, 3.63) is 206 Å². The maximum atomic E-state index is 15.2. The van der Waals surface area contributed by atoms with E-state index < -0.39 is 180 Å². The van der Waals surface area contributed by atoms with Gasteiger partial charge in [0.15, 0.2) is 44.6 Å². The van der Waals surface area contributed by atoms with Crippen LogP contribution in [-0.2, 0) is 10.9 Å². The number of carbonyl (C=O) groups excluding carboxylic acids is 1. The fourth-order valence-corrected chi connectivity index (χ4v) is 10.1. The summed E-state index contributed by atoms with van der Waals surface area (Å²) < 4.78 is 303. The molecule has 0 aliphatic rings. The van der Waals surface area contributed by atoms with E-state index in [0.717, 1.165) is 0 Å². The molecule has 0 atom stereocenters. The van der Waals surface area contributed by atoms with Crippen molar-refractivity contribution >= 4 is 28.2 Å². The lowest BCUT2D eigenvalue weighted by molar-refractivity contribution is -0.255. The zero-order valence-electron chi connectivity index (χ0n) is 35.9. The molecule has 1 heterocycles. The number of aromatic carboxylic acids is 1. The first-order valence-corrected chi connectivity index (χ1v) is 21.8. The Labute approximate surface area is 411 Å². The highest BCUT2D eigenvalue weighted by Gasteiger charge is 2.39. The Hall–Kier alpha value is -7.94. The maximum absolute atomic E-state index is 15.2. The van der Waals surface area contributed by atoms with Crippen molar-refractivity contribution in [2.45, 2.75) is 20.9 Å². The highest BCUT2D eigenvalue weighted by atomic mass is 32.2. The van der Waals surface area contributed by atoms with Gasteiger partial charge in [-0.3, -0.25) is 0 Å². The monoisotopic (exact) mass is 1120 g/mol. The molecular formula is C48H16F20O5S2. The third-order valence-electron chi connectivity index (χ3n) is 9.88. The molecule has 7 aromatic carbocycles. The average molecular weight is 1120 g/mol. The summed E-state index contributed by atoms with van der Waals surface area (Å²) in [4.78, 5) is 15.0. The second kappa shape index (κ2) is 21.5. The molecule has 390 valence electrons. The number of carbonyl (C=O) groups is 1. The van der Waals surface area contributed by atoms with Gasteiger partial charge >= 0.3 is 0 Å². The van der Waals surface area contributed by atoms with Gasteiger partial charge in [-0.1, -0.05) is 47.7 Å². The van der Waals surface area contributed by atoms with Crippen molar-refractivity contribution in [2.75, 3.05) is 0 Å². The van der Waals surface area contributed by atoms with E-state index in [4.69, 9.17) is 0 Å². The number of hydrogen-bond donors (Lipinski definition) is 0. The van der Waals surface area contributed by atoms with Crippen molar-refractivity contribution < 1.29 is 112 Å². The third kappa shape index (κ3) is 9.95. The number of rotatable bonds is 11. The van der Waals surface area contributed by atoms with Crippen LogP contribution < -0.4 is 19.3 Å². The number of ether oxygens (including phenoxy) is 3. The van der Waals surface area contributed by atoms with Gasteiger partial charge in [-0.15, -0.1) is 0 Å². The highest BCUT2D eigenvalue weighted by molar-refractivity contribution is 7.98. The Bertz CT molecular complexity index is 3440. The van der Waals surface area contributed by atoms with Gasteiger partial charge in [0.1, 0.15) is 10.9 Å². The number of thiophene rings is 1. The van der Waals surface area contributed by atoms with Crippen LogP contribution in [0.15, 0.2) is 92.2 Å². The number of hydrogen-bond acceptors (Lipinski definition) is 6. The molecule has 0 unspecified atom stereocenters. The number of carboxylic acid groups (broad SMARTS) is 1. The minimum Gasteiger partial charge on any atom is -0.545 e. The summed E-state index contributed by atoms with van der Waals surface area (Å²) in [6.45, 7) is 2.16. The number of halogens is 20. The highest BCUT2D eigenvalue weighted by Crippen LogP contribution is 2.55. The molecule has 0 aliphatic heterocycles. The SMILES string of the molecule is Cc1csc([S+](c2ccccc2)c2ccccc2)c1.O=C([O-])c1cc(Oc2c(F)c(F)c(F)c(F)c2F)c(Oc2c(F)c(F)c(F)c(F)c2F)c(Oc2c(F)c(F)c(F)c(F)c2F)c1-c1c(F)c(F)c(F)c(F)c1F. The predicted octanol–water partition coefficient (Wildman–Crippen LogP) is 15.0. The van der Waals surface area contributed by atoms with E-state index >= 15 is 8.78 Å². The molecule has 1 aromatic heterocycles. The van der Waals surface area contributed by atoms with Gasteiger partial charge in [-0.25, -0.2) is 61.5 Å². The normalized spacial score (nSPS) is 11.2. The molecule has 0 aliphatic carbocycles. The van der Waals surface area contributed by atoms with E-state index in [9.17, 15) is 88.9 Å². The van der Waals surface area contributed by atoms with E-state index in [1.807, 2.05) is 11.3 Å². The lowest BCUT2D eigenvalue weighted by Crippen LogP contribution is -2.24. The maximum Gasteiger partial charge on any atom is 0.220 e. The lowest BCUT2D eigenvalue weighted by Gasteiger charge is -2.24. The van der Waals surface area contributed by atoms with E-state index in [1.54, 1.807) is 0 Å². The van der Waals surface area contributed by atoms with Gasteiger partial charge in [0.05, 0.1) is 11.5 Å². The molecule has 0 saturated heterocycles. The van der Waals surface area contributed by atoms with E-state index in [0.29, 0.717) is 0 Å². The van der Waals surface area contributed by atoms with Crippen molar-refractivity contribution in [1.29, 1.82) is 0 Å². The molecule has 75 heavy (non-hydrogen) atoms. The minimum atomic E-state index is -3.17. The Kier molecular flexibility index (Phi) is 15.7. The summed E-state index contributed by atoms with van der Waals surface area (Å²) >= 11 is 1.86. The molecule has 0 spiro atoms. The van der Waals surface area contributed by atoms with Crippen molar-refractivity contribution in [3.8, 4) is 45.6 Å². The van der Waals surface area contributed by atoms with Crippen LogP contribution in [0.2, 0.25) is 0 Å². The first-order chi connectivity index (χ1) is 35.3. The Morgan fingerprint density at radius 3 is 1.05 bits per heavy atom. The fourth-order valence-electron chi connectivity index (χ4n) is 6.45. The second-order valence-corrected chi connectivity index (χ2v) is 17.7. The van der Waals surface area contributed by atoms with E-state index in [2.05, 4.69) is 93.2 Å². The van der Waals surface area contributed by atoms with Gasteiger partial charge in [-0.2, -0.15) is 26.3 Å². The standard InChI is InChI=1S/C31H2F20O5.C17H15S2/c32-6-5(7(33)9(35)10(36)8(6)34)4-2(31(52)53)1-3(54-28-20(46)14(40)11(37)15(41)21(28)47)26(55-29-22(48)16(42)12(38)17(43)23(29)49)27(4)56-30-24(50)18(44)13(39)19(45)25(30)51;1-14-12-17(18-13-14)19(15-8-4-2-5-9-15)16-10-6-3-7-11-16/h1H,(H,52,53);2-13H,1H3/q;+1/p-1. The largest absolute Gasteiger partial charge is 0.545 e. The molecule has 8 rings (SSSR count). The first-order valence-electron chi connectivity index (χ1n) is 19.7. The van der Waals surface area contributed by atoms with Crippen molar-refractivity contribution in [3.63, 3.8) is 0 Å². The number of carboxylic acids is 1. The summed E-state index contributed by atoms with van der Waals surface area (Å²) in [6, 6.07) is 23.2. The van der Waals surface area contributed by atoms with E-state index in [-0.39, 0.29) is 10.9 Å². The molecule has 0 saturated carbocycles. The molecule has 8 aromatic rings. The average Bonchev–Trinajstić information content (AvgIpc) is 3.83. The fraction of sp³-hybridized carbons (Fsp3) is 0.0208. The van der Waals surface area contributed by atoms with Crippen LogP contribution in [0.5, 0.6) is 34.5 Å². The summed E-state index contributed by atoms with van der Waals surface area (Å²) in [7, 11) is 0.0247. The third-order valence-corrected chi connectivity index (χ3v) is 13.5. The molecular weight excluding hydrogens is 1100 g/mol. The van der Waals surface area contributed by atoms with Gasteiger partial charge < -0.3 is 24.1 Å². The molecule has 27 heteroatoms. The van der Waals surface area contributed by atoms with E-state index in [1.165, 1.54) is 19.6 Å². The second-order valence-electron chi connectivity index (χ2n) is 14.6. The Morgan fingerprint density at radius 1 is 0.400 bits per heavy atom. The van der Waals surface area contributed by atoms with Crippen LogP contribution in [0, 0.1) is 123 Å². The molecule has 0 radical (unpaired) electrons. The zero-order chi connectivity index (χ0) is 55.2. The lowest BCUT2D eigenvalue weighted by atomic mass is 9.95. The van der Waals surface area contributed by atoms with Crippen LogP contribution in [0.3, 0.4) is 0 Å². The van der Waals surface area contributed by atoms with Crippen LogP contribution >= 0.6 is 11.3 Å². The van der Waals surface area contributed by atoms with Gasteiger partial charge in [0.25, 0.3) is 0 Å². The smallest absolute Gasteiger partial charge is 0.220 e. The molecule has 0 amide bonds. The quantitative estimate of drug-likeness (QED) is 0.0559. The summed E-state index contributed by atoms with van der Waals surface area (Å²) in [5.41, 5.74) is -6.35. The molecule has 5 nitrogen and oxygen atoms in total. The van der Waals surface area contributed by atoms with Crippen LogP contribution in [0.4, 0.5) is 87.8 Å². The molecule has 0 N–H and O–H groups in total.